The van der Waals surface area contributed by atoms with Gasteiger partial charge in [0.15, 0.2) is 0 Å². The maximum absolute atomic E-state index is 12.3. The first kappa shape index (κ1) is 34.6. The number of para-hydroxylation sites is 1. The molecule has 8 rings (SSSR count). The summed E-state index contributed by atoms with van der Waals surface area (Å²) in [4.78, 5) is 10.4. The summed E-state index contributed by atoms with van der Waals surface area (Å²) in [5.74, 6) is 0.200. The molecule has 0 saturated carbocycles. The Hall–Kier alpha value is -6.26. The van der Waals surface area contributed by atoms with Gasteiger partial charge in [-0.2, -0.15) is 0 Å². The average molecular weight is 793 g/mol. The van der Waals surface area contributed by atoms with Crippen LogP contribution in [0.2, 0.25) is 0 Å². The van der Waals surface area contributed by atoms with Crippen LogP contribution in [0.4, 0.5) is 0 Å². The van der Waals surface area contributed by atoms with Crippen LogP contribution >= 0.6 is 0 Å². The fourth-order valence-corrected chi connectivity index (χ4v) is 7.90. The standard InChI is InChI=1S/C56H57N3O/c1-34(2)40-23-24-51(48(30-40)39-15-12-11-13-16-39)59-52-18-14-17-46(53(52)58-55(59)49-32-42(35(3)4)31-47(36(5)6)54(49)60)43-27-44(29-45(28-43)56(8,9)10)50-33-41(25-26-57-50)38-21-19-37(7)20-22-38/h11-36,60H,1-10H3/i19D,20D,21D,22D,34D. The lowest BCUT2D eigenvalue weighted by Gasteiger charge is -2.22. The Morgan fingerprint density at radius 2 is 1.35 bits per heavy atom. The third kappa shape index (κ3) is 7.79. The number of benzene rings is 6. The molecule has 0 amide bonds. The highest BCUT2D eigenvalue weighted by Crippen LogP contribution is 2.44. The Labute approximate surface area is 363 Å². The van der Waals surface area contributed by atoms with E-state index in [-0.39, 0.29) is 52.7 Å². The summed E-state index contributed by atoms with van der Waals surface area (Å²) < 4.78 is 45.8. The number of hydrogen-bond acceptors (Lipinski definition) is 3. The zero-order valence-corrected chi connectivity index (χ0v) is 36.4. The predicted octanol–water partition coefficient (Wildman–Crippen LogP) is 15.4. The second-order valence-electron chi connectivity index (χ2n) is 17.8. The summed E-state index contributed by atoms with van der Waals surface area (Å²) in [6.07, 6.45) is 1.66. The molecule has 60 heavy (non-hydrogen) atoms. The van der Waals surface area contributed by atoms with Crippen LogP contribution < -0.4 is 0 Å². The van der Waals surface area contributed by atoms with E-state index in [0.717, 1.165) is 66.8 Å². The van der Waals surface area contributed by atoms with Gasteiger partial charge in [-0.15, -0.1) is 0 Å². The van der Waals surface area contributed by atoms with Crippen LogP contribution in [0.15, 0.2) is 140 Å². The molecule has 8 aromatic rings. The van der Waals surface area contributed by atoms with Crippen LogP contribution in [-0.2, 0) is 5.41 Å². The first-order chi connectivity index (χ1) is 30.6. The largest absolute Gasteiger partial charge is 0.507 e. The number of imidazole rings is 1. The number of aromatic nitrogens is 3. The molecule has 302 valence electrons. The first-order valence-electron chi connectivity index (χ1n) is 23.4. The number of phenolic OH excluding ortho intramolecular Hbond substituents is 1. The maximum Gasteiger partial charge on any atom is 0.149 e. The molecule has 0 atom stereocenters. The highest BCUT2D eigenvalue weighted by molar-refractivity contribution is 5.98. The van der Waals surface area contributed by atoms with E-state index in [9.17, 15) is 5.11 Å². The fraction of sp³-hybridized carbons (Fsp3) is 0.250. The summed E-state index contributed by atoms with van der Waals surface area (Å²) >= 11 is 0. The summed E-state index contributed by atoms with van der Waals surface area (Å²) in [7, 11) is 0. The summed E-state index contributed by atoms with van der Waals surface area (Å²) in [5, 5.41) is 12.3. The van der Waals surface area contributed by atoms with E-state index in [1.165, 1.54) is 0 Å². The van der Waals surface area contributed by atoms with Gasteiger partial charge in [0.05, 0.1) is 33.5 Å². The maximum atomic E-state index is 12.3. The van der Waals surface area contributed by atoms with Crippen molar-refractivity contribution in [3.05, 3.63) is 167 Å². The molecule has 6 aromatic carbocycles. The highest BCUT2D eigenvalue weighted by atomic mass is 16.3. The molecule has 2 aromatic heterocycles. The molecule has 0 aliphatic carbocycles. The number of pyridine rings is 1. The van der Waals surface area contributed by atoms with E-state index in [0.29, 0.717) is 28.2 Å². The monoisotopic (exact) mass is 792 g/mol. The third-order valence-corrected chi connectivity index (χ3v) is 11.5. The zero-order valence-electron chi connectivity index (χ0n) is 41.4. The van der Waals surface area contributed by atoms with Gasteiger partial charge in [-0.25, -0.2) is 4.98 Å². The van der Waals surface area contributed by atoms with Crippen LogP contribution in [0.1, 0.15) is 115 Å². The summed E-state index contributed by atoms with van der Waals surface area (Å²) in [5.41, 5.74) is 13.0. The Morgan fingerprint density at radius 1 is 0.633 bits per heavy atom. The minimum atomic E-state index is -0.850. The van der Waals surface area contributed by atoms with Gasteiger partial charge in [-0.05, 0) is 123 Å². The molecule has 0 radical (unpaired) electrons. The van der Waals surface area contributed by atoms with E-state index < -0.39 is 5.89 Å². The molecule has 0 bridgehead atoms. The van der Waals surface area contributed by atoms with Crippen LogP contribution in [-0.4, -0.2) is 19.6 Å². The lowest BCUT2D eigenvalue weighted by atomic mass is 9.83. The molecule has 0 spiro atoms. The van der Waals surface area contributed by atoms with Crippen LogP contribution in [0.25, 0.3) is 72.7 Å². The molecule has 4 heteroatoms. The van der Waals surface area contributed by atoms with Gasteiger partial charge < -0.3 is 5.11 Å². The summed E-state index contributed by atoms with van der Waals surface area (Å²) in [6.45, 7) is 20.5. The number of aromatic hydroxyl groups is 1. The molecule has 0 fully saturated rings. The highest BCUT2D eigenvalue weighted by Gasteiger charge is 2.26. The number of phenols is 1. The van der Waals surface area contributed by atoms with Gasteiger partial charge in [-0.1, -0.05) is 153 Å². The van der Waals surface area contributed by atoms with E-state index in [2.05, 4.69) is 126 Å². The number of hydrogen-bond donors (Lipinski definition) is 1. The number of fused-ring (bicyclic) bond motifs is 1. The summed E-state index contributed by atoms with van der Waals surface area (Å²) in [6, 6.07) is 36.6. The SMILES string of the molecule is [2H]c1c([2H])c(-c2ccnc(-c3cc(-c4cccc5c4nc(-c4cc(C(C)C)cc(C(C)C)c4O)n5-c4ccc(C([2H])(C)C)cc4-c4ccccc4)cc(C(C)(C)C)c3)c2)c([2H])c([2H])c1C. The van der Waals surface area contributed by atoms with Crippen molar-refractivity contribution in [2.75, 3.05) is 0 Å². The van der Waals surface area contributed by atoms with Crippen molar-refractivity contribution >= 4 is 11.0 Å². The van der Waals surface area contributed by atoms with Gasteiger partial charge in [-0.3, -0.25) is 9.55 Å². The molecule has 0 unspecified atom stereocenters. The number of nitrogens with zero attached hydrogens (tertiary/aromatic N) is 3. The molecule has 0 saturated heterocycles. The quantitative estimate of drug-likeness (QED) is 0.158. The van der Waals surface area contributed by atoms with Gasteiger partial charge >= 0.3 is 0 Å². The van der Waals surface area contributed by atoms with Gasteiger partial charge in [0, 0.05) is 24.3 Å². The van der Waals surface area contributed by atoms with Crippen LogP contribution in [0.3, 0.4) is 0 Å². The van der Waals surface area contributed by atoms with Crippen molar-refractivity contribution in [1.82, 2.24) is 14.5 Å². The van der Waals surface area contributed by atoms with Crippen LogP contribution in [0.5, 0.6) is 5.75 Å². The van der Waals surface area contributed by atoms with Crippen molar-refractivity contribution in [1.29, 1.82) is 0 Å². The van der Waals surface area contributed by atoms with E-state index in [1.807, 2.05) is 44.2 Å². The zero-order chi connectivity index (χ0) is 46.9. The van der Waals surface area contributed by atoms with E-state index in [4.69, 9.17) is 16.8 Å². The Kier molecular flexibility index (Phi) is 9.26. The normalized spacial score (nSPS) is 13.4. The van der Waals surface area contributed by atoms with E-state index in [1.54, 1.807) is 19.2 Å². The lowest BCUT2D eigenvalue weighted by molar-refractivity contribution is 0.466. The van der Waals surface area contributed by atoms with Crippen molar-refractivity contribution in [2.24, 2.45) is 0 Å². The third-order valence-electron chi connectivity index (χ3n) is 11.5. The molecule has 2 heterocycles. The molecular weight excluding hydrogens is 731 g/mol. The second kappa shape index (κ2) is 16.1. The minimum absolute atomic E-state index is 0.0550. The molecule has 0 aliphatic rings. The van der Waals surface area contributed by atoms with Crippen molar-refractivity contribution in [3.63, 3.8) is 0 Å². The smallest absolute Gasteiger partial charge is 0.149 e. The lowest BCUT2D eigenvalue weighted by Crippen LogP contribution is -2.11. The molecule has 0 aliphatic heterocycles. The van der Waals surface area contributed by atoms with Crippen molar-refractivity contribution in [3.8, 4) is 67.5 Å². The topological polar surface area (TPSA) is 50.9 Å². The molecule has 1 N–H and O–H groups in total. The van der Waals surface area contributed by atoms with Crippen LogP contribution in [0, 0.1) is 6.92 Å². The van der Waals surface area contributed by atoms with E-state index >= 15 is 0 Å². The fourth-order valence-electron chi connectivity index (χ4n) is 7.90. The second-order valence-corrected chi connectivity index (χ2v) is 17.8. The number of rotatable bonds is 9. The van der Waals surface area contributed by atoms with Gasteiger partial charge in [0.1, 0.15) is 11.6 Å². The molecular formula is C56H57N3O. The average Bonchev–Trinajstić information content (AvgIpc) is 3.66. The van der Waals surface area contributed by atoms with Gasteiger partial charge in [0.2, 0.25) is 0 Å². The molecule has 4 nitrogen and oxygen atoms in total. The Bertz CT molecular complexity index is 3110. The Morgan fingerprint density at radius 3 is 2.03 bits per heavy atom. The van der Waals surface area contributed by atoms with Crippen molar-refractivity contribution < 1.29 is 12.0 Å². The minimum Gasteiger partial charge on any atom is -0.507 e. The van der Waals surface area contributed by atoms with Crippen molar-refractivity contribution in [2.45, 2.75) is 92.4 Å². The van der Waals surface area contributed by atoms with Gasteiger partial charge in [0.25, 0.3) is 0 Å². The first-order valence-corrected chi connectivity index (χ1v) is 20.9. The Balaban J connectivity index is 1.44. The predicted molar refractivity (Wildman–Crippen MR) is 253 cm³/mol.